The van der Waals surface area contributed by atoms with Gasteiger partial charge in [0.15, 0.2) is 0 Å². The van der Waals surface area contributed by atoms with Gasteiger partial charge in [-0.25, -0.2) is 27.0 Å². The largest absolute Gasteiger partial charge is 0.379 e. The maximum Gasteiger partial charge on any atom is 0.326 e. The van der Waals surface area contributed by atoms with E-state index in [0.717, 1.165) is 73.9 Å². The van der Waals surface area contributed by atoms with Crippen molar-refractivity contribution in [1.29, 1.82) is 0 Å². The minimum atomic E-state index is -3.63. The summed E-state index contributed by atoms with van der Waals surface area (Å²) < 4.78 is 49.2. The number of aryl methyl sites for hydroxylation is 1. The highest BCUT2D eigenvalue weighted by Crippen LogP contribution is 2.27. The topological polar surface area (TPSA) is 112 Å². The lowest BCUT2D eigenvalue weighted by molar-refractivity contribution is 0.0390. The second-order valence-corrected chi connectivity index (χ2v) is 14.3. The van der Waals surface area contributed by atoms with Crippen LogP contribution in [0.4, 0.5) is 20.6 Å². The number of hydrogen-bond donors (Lipinski definition) is 2. The molecule has 49 heavy (non-hydrogen) atoms. The van der Waals surface area contributed by atoms with Gasteiger partial charge in [-0.1, -0.05) is 18.2 Å². The van der Waals surface area contributed by atoms with E-state index in [1.165, 1.54) is 12.1 Å². The van der Waals surface area contributed by atoms with Crippen molar-refractivity contribution < 1.29 is 22.3 Å². The average Bonchev–Trinajstić information content (AvgIpc) is 3.39. The highest BCUT2D eigenvalue weighted by Gasteiger charge is 2.30. The predicted molar refractivity (Wildman–Crippen MR) is 188 cm³/mol. The number of rotatable bonds is 11. The van der Waals surface area contributed by atoms with Crippen molar-refractivity contribution in [2.24, 2.45) is 0 Å². The summed E-state index contributed by atoms with van der Waals surface area (Å²) in [6, 6.07) is 22.0. The molecule has 11 nitrogen and oxygen atoms in total. The number of anilines is 2. The molecule has 3 aromatic carbocycles. The van der Waals surface area contributed by atoms with Gasteiger partial charge in [0.2, 0.25) is 10.0 Å². The zero-order chi connectivity index (χ0) is 34.4. The van der Waals surface area contributed by atoms with Gasteiger partial charge in [-0.05, 0) is 87.4 Å². The van der Waals surface area contributed by atoms with Crippen molar-refractivity contribution in [2.75, 3.05) is 62.7 Å². The number of ether oxygens (including phenoxy) is 1. The van der Waals surface area contributed by atoms with E-state index >= 15 is 0 Å². The van der Waals surface area contributed by atoms with Crippen molar-refractivity contribution in [3.05, 3.63) is 102 Å². The Hall–Kier alpha value is -4.14. The molecule has 1 aromatic heterocycles. The van der Waals surface area contributed by atoms with Gasteiger partial charge in [-0.2, -0.15) is 5.10 Å². The first kappa shape index (κ1) is 34.7. The Labute approximate surface area is 287 Å². The molecule has 2 amide bonds. The maximum atomic E-state index is 13.5. The Morgan fingerprint density at radius 1 is 0.918 bits per heavy atom. The van der Waals surface area contributed by atoms with E-state index in [0.29, 0.717) is 32.0 Å². The summed E-state index contributed by atoms with van der Waals surface area (Å²) in [6.45, 7) is 10.3. The monoisotopic (exact) mass is 689 g/mol. The van der Waals surface area contributed by atoms with Crippen LogP contribution in [-0.2, 0) is 21.3 Å². The number of nitrogens with one attached hydrogen (secondary N) is 2. The molecule has 0 spiro atoms. The average molecular weight is 690 g/mol. The number of amides is 2. The van der Waals surface area contributed by atoms with Crippen molar-refractivity contribution in [2.45, 2.75) is 44.2 Å². The van der Waals surface area contributed by atoms with Crippen LogP contribution in [0.2, 0.25) is 0 Å². The molecule has 0 atom stereocenters. The quantitative estimate of drug-likeness (QED) is 0.230. The lowest BCUT2D eigenvalue weighted by Gasteiger charge is -2.38. The number of carbonyl (C=O) groups excluding carboxylic acids is 1. The molecule has 13 heteroatoms. The fourth-order valence-electron chi connectivity index (χ4n) is 6.53. The fourth-order valence-corrected chi connectivity index (χ4v) is 7.55. The number of carbonyl (C=O) groups is 1. The maximum absolute atomic E-state index is 13.5. The van der Waals surface area contributed by atoms with Crippen LogP contribution in [0.5, 0.6) is 0 Å². The number of aromatic nitrogens is 2. The predicted octanol–water partition coefficient (Wildman–Crippen LogP) is 4.94. The zero-order valence-corrected chi connectivity index (χ0v) is 28.8. The molecule has 4 aromatic rings. The number of likely N-dealkylation sites (tertiary alicyclic amines) is 1. The van der Waals surface area contributed by atoms with Crippen LogP contribution in [0.25, 0.3) is 5.69 Å². The van der Waals surface area contributed by atoms with E-state index in [2.05, 4.69) is 19.8 Å². The molecule has 0 bridgehead atoms. The molecule has 3 heterocycles. The Morgan fingerprint density at radius 2 is 1.59 bits per heavy atom. The van der Waals surface area contributed by atoms with Gasteiger partial charge in [0.25, 0.3) is 0 Å². The van der Waals surface area contributed by atoms with E-state index in [4.69, 9.17) is 9.84 Å². The molecular weight excluding hydrogens is 646 g/mol. The third-order valence-electron chi connectivity index (χ3n) is 9.31. The van der Waals surface area contributed by atoms with Gasteiger partial charge in [-0.3, -0.25) is 14.7 Å². The Kier molecular flexibility index (Phi) is 11.1. The first-order valence-electron chi connectivity index (χ1n) is 16.8. The molecule has 0 aliphatic carbocycles. The highest BCUT2D eigenvalue weighted by atomic mass is 32.2. The minimum absolute atomic E-state index is 0.00679. The molecule has 2 saturated heterocycles. The molecule has 2 N–H and O–H groups in total. The lowest BCUT2D eigenvalue weighted by Crippen LogP contribution is -2.49. The molecule has 0 unspecified atom stereocenters. The summed E-state index contributed by atoms with van der Waals surface area (Å²) in [5.74, 6) is -0.353. The van der Waals surface area contributed by atoms with Crippen LogP contribution < -0.4 is 14.9 Å². The van der Waals surface area contributed by atoms with Crippen LogP contribution in [0.3, 0.4) is 0 Å². The van der Waals surface area contributed by atoms with Gasteiger partial charge in [0.05, 0.1) is 29.5 Å². The highest BCUT2D eigenvalue weighted by molar-refractivity contribution is 7.89. The fraction of sp³-hybridized carbons (Fsp3) is 0.389. The van der Waals surface area contributed by atoms with Gasteiger partial charge >= 0.3 is 6.03 Å². The van der Waals surface area contributed by atoms with E-state index in [1.54, 1.807) is 36.4 Å². The lowest BCUT2D eigenvalue weighted by atomic mass is 10.0. The van der Waals surface area contributed by atoms with Crippen molar-refractivity contribution in [1.82, 2.24) is 24.3 Å². The van der Waals surface area contributed by atoms with Crippen molar-refractivity contribution >= 4 is 27.4 Å². The molecule has 6 rings (SSSR count). The number of halogens is 1. The second-order valence-electron chi connectivity index (χ2n) is 12.6. The summed E-state index contributed by atoms with van der Waals surface area (Å²) in [6.07, 6.45) is 1.57. The molecule has 2 aliphatic rings. The Balaban J connectivity index is 1.07. The number of benzene rings is 3. The van der Waals surface area contributed by atoms with Crippen LogP contribution in [0.15, 0.2) is 83.8 Å². The summed E-state index contributed by atoms with van der Waals surface area (Å²) in [7, 11) is -3.63. The van der Waals surface area contributed by atoms with Gasteiger partial charge in [0, 0.05) is 74.5 Å². The Bertz CT molecular complexity index is 1800. The van der Waals surface area contributed by atoms with Crippen molar-refractivity contribution in [3.8, 4) is 5.69 Å². The second kappa shape index (κ2) is 15.6. The molecule has 0 saturated carbocycles. The molecule has 260 valence electrons. The number of piperidine rings is 1. The minimum Gasteiger partial charge on any atom is -0.379 e. The number of morpholine rings is 1. The molecular formula is C36H44FN7O4S. The first-order chi connectivity index (χ1) is 23.7. The number of para-hydroxylation sites is 1. The van der Waals surface area contributed by atoms with Crippen molar-refractivity contribution in [3.63, 3.8) is 0 Å². The van der Waals surface area contributed by atoms with Gasteiger partial charge in [0.1, 0.15) is 5.82 Å². The van der Waals surface area contributed by atoms with Crippen LogP contribution in [0.1, 0.15) is 29.8 Å². The van der Waals surface area contributed by atoms with E-state index in [1.807, 2.05) is 53.8 Å². The molecule has 2 fully saturated rings. The van der Waals surface area contributed by atoms with E-state index in [-0.39, 0.29) is 22.8 Å². The third kappa shape index (κ3) is 8.54. The third-order valence-corrected chi connectivity index (χ3v) is 10.8. The summed E-state index contributed by atoms with van der Waals surface area (Å²) in [5, 5.41) is 7.75. The van der Waals surface area contributed by atoms with Gasteiger partial charge < -0.3 is 10.1 Å². The smallest absolute Gasteiger partial charge is 0.326 e. The summed E-state index contributed by atoms with van der Waals surface area (Å²) >= 11 is 0. The van der Waals surface area contributed by atoms with Crippen LogP contribution in [-0.4, -0.2) is 92.6 Å². The van der Waals surface area contributed by atoms with Gasteiger partial charge in [-0.15, -0.1) is 0 Å². The summed E-state index contributed by atoms with van der Waals surface area (Å²) in [5.41, 5.74) is 5.21. The van der Waals surface area contributed by atoms with Crippen LogP contribution in [0, 0.1) is 19.7 Å². The number of sulfonamides is 1. The zero-order valence-electron chi connectivity index (χ0n) is 28.0. The molecule has 0 radical (unpaired) electrons. The number of hydrogen-bond acceptors (Lipinski definition) is 7. The normalized spacial score (nSPS) is 16.5. The SMILES string of the molecule is Cc1nn(-c2ccc(S(=O)(=O)NCCN3CCOCC3)cc2)c(C)c1CN1CCC(N(C(=O)Nc2ccc(F)cc2)c2ccccc2)CC1. The van der Waals surface area contributed by atoms with Crippen LogP contribution >= 0.6 is 0 Å². The summed E-state index contributed by atoms with van der Waals surface area (Å²) in [4.78, 5) is 20.1. The van der Waals surface area contributed by atoms with E-state index < -0.39 is 10.0 Å². The first-order valence-corrected chi connectivity index (χ1v) is 18.2. The molecule has 2 aliphatic heterocycles. The number of urea groups is 1. The van der Waals surface area contributed by atoms with E-state index in [9.17, 15) is 17.6 Å². The Morgan fingerprint density at radius 3 is 2.27 bits per heavy atom. The number of nitrogens with zero attached hydrogens (tertiary/aromatic N) is 5. The standard InChI is InChI=1S/C36H44FN7O4S/c1-27-35(28(2)44(40-27)33-12-14-34(15-13-33)49(46,47)38-18-21-41-22-24-48-25-23-41)26-42-19-16-32(17-20-42)43(31-6-4-3-5-7-31)36(45)39-30-10-8-29(37)9-11-30/h3-15,32,38H,16-26H2,1-2H3,(H,39,45).